The molecule has 0 aromatic carbocycles. The summed E-state index contributed by atoms with van der Waals surface area (Å²) >= 11 is 0. The number of hydrogen-bond acceptors (Lipinski definition) is 4. The van der Waals surface area contributed by atoms with E-state index in [1.54, 1.807) is 18.4 Å². The Morgan fingerprint density at radius 2 is 2.37 bits per heavy atom. The SMILES string of the molecule is CC1CC(C(=O)NC(C)c2ccco2)(/C(N)=N/O)C1. The molecule has 4 N–H and O–H groups in total. The van der Waals surface area contributed by atoms with Gasteiger partial charge in [0, 0.05) is 0 Å². The number of furan rings is 1. The van der Waals surface area contributed by atoms with Crippen LogP contribution in [0.5, 0.6) is 0 Å². The van der Waals surface area contributed by atoms with E-state index in [1.807, 2.05) is 13.8 Å². The highest BCUT2D eigenvalue weighted by Crippen LogP contribution is 2.46. The van der Waals surface area contributed by atoms with E-state index in [0.29, 0.717) is 24.5 Å². The van der Waals surface area contributed by atoms with Crippen molar-refractivity contribution in [2.45, 2.75) is 32.7 Å². The summed E-state index contributed by atoms with van der Waals surface area (Å²) in [6.45, 7) is 3.87. The van der Waals surface area contributed by atoms with Gasteiger partial charge in [0.1, 0.15) is 11.2 Å². The molecular formula is C13H19N3O3. The molecule has 104 valence electrons. The molecule has 1 fully saturated rings. The van der Waals surface area contributed by atoms with Crippen LogP contribution in [0.3, 0.4) is 0 Å². The minimum atomic E-state index is -0.880. The maximum absolute atomic E-state index is 12.4. The number of nitrogens with two attached hydrogens (primary N) is 1. The molecule has 1 saturated carbocycles. The minimum absolute atomic E-state index is 0.0188. The van der Waals surface area contributed by atoms with Crippen LogP contribution in [-0.2, 0) is 4.79 Å². The van der Waals surface area contributed by atoms with Crippen molar-refractivity contribution in [3.05, 3.63) is 24.2 Å². The molecule has 1 atom stereocenters. The van der Waals surface area contributed by atoms with Gasteiger partial charge in [0.2, 0.25) is 5.91 Å². The van der Waals surface area contributed by atoms with Crippen LogP contribution in [0.15, 0.2) is 28.0 Å². The van der Waals surface area contributed by atoms with Gasteiger partial charge in [0.05, 0.1) is 12.3 Å². The number of carbonyl (C=O) groups is 1. The Balaban J connectivity index is 2.09. The van der Waals surface area contributed by atoms with Crippen LogP contribution in [0.1, 0.15) is 38.5 Å². The first-order valence-corrected chi connectivity index (χ1v) is 6.32. The van der Waals surface area contributed by atoms with E-state index in [4.69, 9.17) is 15.4 Å². The molecule has 1 amide bonds. The average Bonchev–Trinajstić information content (AvgIpc) is 2.87. The summed E-state index contributed by atoms with van der Waals surface area (Å²) in [4.78, 5) is 12.4. The maximum Gasteiger partial charge on any atom is 0.234 e. The third-order valence-corrected chi connectivity index (χ3v) is 3.74. The van der Waals surface area contributed by atoms with E-state index < -0.39 is 5.41 Å². The number of amidine groups is 1. The zero-order valence-corrected chi connectivity index (χ0v) is 11.1. The van der Waals surface area contributed by atoms with Crippen molar-refractivity contribution < 1.29 is 14.4 Å². The summed E-state index contributed by atoms with van der Waals surface area (Å²) in [5.74, 6) is 0.833. The summed E-state index contributed by atoms with van der Waals surface area (Å²) in [5.41, 5.74) is 4.81. The normalized spacial score (nSPS) is 28.5. The molecule has 2 rings (SSSR count). The van der Waals surface area contributed by atoms with E-state index >= 15 is 0 Å². The van der Waals surface area contributed by atoms with Crippen LogP contribution in [-0.4, -0.2) is 17.0 Å². The Morgan fingerprint density at radius 3 is 2.84 bits per heavy atom. The summed E-state index contributed by atoms with van der Waals surface area (Å²) in [6, 6.07) is 3.31. The topological polar surface area (TPSA) is 101 Å². The first-order valence-electron chi connectivity index (χ1n) is 6.32. The fourth-order valence-electron chi connectivity index (χ4n) is 2.68. The molecule has 0 aliphatic heterocycles. The number of nitrogens with one attached hydrogen (secondary N) is 1. The second kappa shape index (κ2) is 4.95. The van der Waals surface area contributed by atoms with Gasteiger partial charge in [-0.15, -0.1) is 0 Å². The second-order valence-electron chi connectivity index (χ2n) is 5.29. The Hall–Kier alpha value is -1.98. The van der Waals surface area contributed by atoms with Crippen molar-refractivity contribution in [2.24, 2.45) is 22.2 Å². The Kier molecular flexibility index (Phi) is 3.50. The van der Waals surface area contributed by atoms with E-state index in [2.05, 4.69) is 10.5 Å². The summed E-state index contributed by atoms with van der Waals surface area (Å²) < 4.78 is 5.24. The molecule has 0 radical (unpaired) electrons. The molecular weight excluding hydrogens is 246 g/mol. The van der Waals surface area contributed by atoms with Gasteiger partial charge in [-0.1, -0.05) is 12.1 Å². The predicted octanol–water partition coefficient (Wildman–Crippen LogP) is 1.62. The first-order chi connectivity index (χ1) is 8.99. The highest BCUT2D eigenvalue weighted by atomic mass is 16.4. The standard InChI is InChI=1S/C13H19N3O3/c1-8-6-13(7-8,11(14)16-18)12(17)15-9(2)10-4-3-5-19-10/h3-5,8-9,18H,6-7H2,1-2H3,(H2,14,16)(H,15,17). The van der Waals surface area contributed by atoms with Gasteiger partial charge >= 0.3 is 0 Å². The van der Waals surface area contributed by atoms with Crippen LogP contribution >= 0.6 is 0 Å². The van der Waals surface area contributed by atoms with Gasteiger partial charge in [-0.3, -0.25) is 4.79 Å². The first kappa shape index (κ1) is 13.5. The zero-order chi connectivity index (χ0) is 14.0. The number of carbonyl (C=O) groups excluding carboxylic acids is 1. The lowest BCUT2D eigenvalue weighted by molar-refractivity contribution is -0.134. The maximum atomic E-state index is 12.4. The molecule has 1 aromatic rings. The largest absolute Gasteiger partial charge is 0.467 e. The van der Waals surface area contributed by atoms with Crippen molar-refractivity contribution in [2.75, 3.05) is 0 Å². The van der Waals surface area contributed by atoms with Gasteiger partial charge in [0.25, 0.3) is 0 Å². The fraction of sp³-hybridized carbons (Fsp3) is 0.538. The molecule has 0 spiro atoms. The highest BCUT2D eigenvalue weighted by Gasteiger charge is 2.52. The molecule has 1 heterocycles. The summed E-state index contributed by atoms with van der Waals surface area (Å²) in [7, 11) is 0. The number of amides is 1. The van der Waals surface area contributed by atoms with Gasteiger partial charge in [-0.05, 0) is 37.8 Å². The number of hydrogen-bond donors (Lipinski definition) is 3. The van der Waals surface area contributed by atoms with Crippen molar-refractivity contribution >= 4 is 11.7 Å². The quantitative estimate of drug-likeness (QED) is 0.333. The van der Waals surface area contributed by atoms with Crippen molar-refractivity contribution in [1.29, 1.82) is 0 Å². The van der Waals surface area contributed by atoms with Gasteiger partial charge in [-0.25, -0.2) is 0 Å². The Labute approximate surface area is 111 Å². The highest BCUT2D eigenvalue weighted by molar-refractivity contribution is 6.07. The van der Waals surface area contributed by atoms with Crippen LogP contribution in [0.25, 0.3) is 0 Å². The van der Waals surface area contributed by atoms with Crippen LogP contribution in [0, 0.1) is 11.3 Å². The second-order valence-corrected chi connectivity index (χ2v) is 5.29. The minimum Gasteiger partial charge on any atom is -0.467 e. The lowest BCUT2D eigenvalue weighted by Gasteiger charge is -2.44. The number of oxime groups is 1. The third kappa shape index (κ3) is 2.30. The molecule has 1 unspecified atom stereocenters. The van der Waals surface area contributed by atoms with Crippen LogP contribution in [0.2, 0.25) is 0 Å². The van der Waals surface area contributed by atoms with Crippen molar-refractivity contribution in [3.8, 4) is 0 Å². The zero-order valence-electron chi connectivity index (χ0n) is 11.1. The van der Waals surface area contributed by atoms with Gasteiger partial charge in [0.15, 0.2) is 5.84 Å². The van der Waals surface area contributed by atoms with E-state index in [9.17, 15) is 4.79 Å². The fourth-order valence-corrected chi connectivity index (χ4v) is 2.68. The molecule has 6 heteroatoms. The van der Waals surface area contributed by atoms with Crippen LogP contribution < -0.4 is 11.1 Å². The lowest BCUT2D eigenvalue weighted by Crippen LogP contribution is -2.57. The molecule has 1 aliphatic carbocycles. The Bertz CT molecular complexity index is 475. The summed E-state index contributed by atoms with van der Waals surface area (Å²) in [5, 5.41) is 14.7. The Morgan fingerprint density at radius 1 is 1.68 bits per heavy atom. The monoisotopic (exact) mass is 265 g/mol. The van der Waals surface area contributed by atoms with Crippen molar-refractivity contribution in [1.82, 2.24) is 5.32 Å². The van der Waals surface area contributed by atoms with Gasteiger partial charge in [-0.2, -0.15) is 0 Å². The smallest absolute Gasteiger partial charge is 0.234 e. The van der Waals surface area contributed by atoms with E-state index in [1.165, 1.54) is 0 Å². The average molecular weight is 265 g/mol. The van der Waals surface area contributed by atoms with Crippen LogP contribution in [0.4, 0.5) is 0 Å². The van der Waals surface area contributed by atoms with Crippen molar-refractivity contribution in [3.63, 3.8) is 0 Å². The van der Waals surface area contributed by atoms with E-state index in [0.717, 1.165) is 0 Å². The third-order valence-electron chi connectivity index (χ3n) is 3.74. The molecule has 6 nitrogen and oxygen atoms in total. The molecule has 0 bridgehead atoms. The number of nitrogens with zero attached hydrogens (tertiary/aromatic N) is 1. The molecule has 1 aromatic heterocycles. The lowest BCUT2D eigenvalue weighted by atomic mass is 9.61. The summed E-state index contributed by atoms with van der Waals surface area (Å²) in [6.07, 6.45) is 2.75. The number of rotatable bonds is 4. The van der Waals surface area contributed by atoms with E-state index in [-0.39, 0.29) is 17.8 Å². The predicted molar refractivity (Wildman–Crippen MR) is 69.5 cm³/mol. The van der Waals surface area contributed by atoms with Gasteiger partial charge < -0.3 is 20.7 Å². The molecule has 0 saturated heterocycles. The molecule has 1 aliphatic rings. The molecule has 19 heavy (non-hydrogen) atoms.